The molecule has 2 aromatic carbocycles. The second-order valence-electron chi connectivity index (χ2n) is 8.27. The van der Waals surface area contributed by atoms with Crippen molar-refractivity contribution in [2.75, 3.05) is 26.2 Å². The van der Waals surface area contributed by atoms with Crippen LogP contribution in [0.3, 0.4) is 0 Å². The van der Waals surface area contributed by atoms with E-state index in [4.69, 9.17) is 5.73 Å². The smallest absolute Gasteiger partial charge is 0.249 e. The van der Waals surface area contributed by atoms with Crippen LogP contribution in [0.1, 0.15) is 43.7 Å². The van der Waals surface area contributed by atoms with Crippen molar-refractivity contribution in [3.05, 3.63) is 71.8 Å². The molecule has 4 N–H and O–H groups in total. The van der Waals surface area contributed by atoms with Crippen LogP contribution >= 0.6 is 0 Å². The quantitative estimate of drug-likeness (QED) is 0.542. The van der Waals surface area contributed by atoms with Crippen molar-refractivity contribution in [3.63, 3.8) is 0 Å². The Morgan fingerprint density at radius 2 is 1.68 bits per heavy atom. The van der Waals surface area contributed by atoms with Crippen molar-refractivity contribution in [2.24, 2.45) is 11.7 Å². The Labute approximate surface area is 185 Å². The van der Waals surface area contributed by atoms with E-state index in [2.05, 4.69) is 46.9 Å². The van der Waals surface area contributed by atoms with Crippen molar-refractivity contribution < 1.29 is 9.59 Å². The average molecular weight is 423 g/mol. The first-order valence-corrected chi connectivity index (χ1v) is 11.2. The maximum absolute atomic E-state index is 13.8. The van der Waals surface area contributed by atoms with Crippen LogP contribution in [-0.4, -0.2) is 43.0 Å². The number of nitrogens with two attached hydrogens (primary N) is 1. The molecule has 0 aliphatic carbocycles. The van der Waals surface area contributed by atoms with Gasteiger partial charge in [-0.2, -0.15) is 0 Å². The lowest BCUT2D eigenvalue weighted by Gasteiger charge is -2.37. The van der Waals surface area contributed by atoms with E-state index in [-0.39, 0.29) is 24.3 Å². The highest BCUT2D eigenvalue weighted by molar-refractivity contribution is 5.92. The van der Waals surface area contributed by atoms with Gasteiger partial charge < -0.3 is 11.1 Å². The molecule has 1 saturated heterocycles. The second-order valence-corrected chi connectivity index (χ2v) is 8.27. The highest BCUT2D eigenvalue weighted by Crippen LogP contribution is 2.42. The number of benzene rings is 2. The van der Waals surface area contributed by atoms with E-state index in [1.165, 1.54) is 0 Å². The third-order valence-electron chi connectivity index (χ3n) is 6.26. The molecular weight excluding hydrogens is 388 g/mol. The molecule has 2 amide bonds. The Morgan fingerprint density at radius 1 is 1.06 bits per heavy atom. The first-order valence-electron chi connectivity index (χ1n) is 11.2. The molecule has 1 aliphatic rings. The van der Waals surface area contributed by atoms with Gasteiger partial charge in [0.2, 0.25) is 11.8 Å². The molecule has 3 rings (SSSR count). The fourth-order valence-corrected chi connectivity index (χ4v) is 4.55. The normalized spacial score (nSPS) is 18.8. The Morgan fingerprint density at radius 3 is 2.26 bits per heavy atom. The molecule has 2 aromatic rings. The van der Waals surface area contributed by atoms with Crippen molar-refractivity contribution in [2.45, 2.75) is 38.0 Å². The first-order chi connectivity index (χ1) is 15.1. The molecule has 1 fully saturated rings. The van der Waals surface area contributed by atoms with Crippen molar-refractivity contribution >= 4 is 11.8 Å². The standard InChI is InChI=1S/C25H34N4O2/c1-20-15-18-29(17-10-4-9-16-27-23(30)19-26)28-24(31)25(20,21-11-5-2-6-12-21)22-13-7-3-8-14-22/h2-3,5-8,11-14,20H,4,9-10,15-19,26H2,1H3,(H,27,30)(H,28,31). The molecule has 1 unspecified atom stereocenters. The SMILES string of the molecule is CC1CCN(CCCCCNC(=O)CN)NC(=O)C1(c1ccccc1)c1ccccc1. The van der Waals surface area contributed by atoms with E-state index in [1.54, 1.807) is 0 Å². The van der Waals surface area contributed by atoms with Crippen LogP contribution in [0.15, 0.2) is 60.7 Å². The van der Waals surface area contributed by atoms with E-state index in [1.807, 2.05) is 36.4 Å². The maximum atomic E-state index is 13.8. The minimum absolute atomic E-state index is 0.0303. The predicted molar refractivity (Wildman–Crippen MR) is 123 cm³/mol. The van der Waals surface area contributed by atoms with E-state index < -0.39 is 5.41 Å². The molecule has 1 heterocycles. The van der Waals surface area contributed by atoms with Gasteiger partial charge >= 0.3 is 0 Å². The van der Waals surface area contributed by atoms with Crippen molar-refractivity contribution in [3.8, 4) is 0 Å². The van der Waals surface area contributed by atoms with Gasteiger partial charge in [-0.3, -0.25) is 15.0 Å². The number of nitrogens with zero attached hydrogens (tertiary/aromatic N) is 1. The van der Waals surface area contributed by atoms with Gasteiger partial charge in [0, 0.05) is 19.6 Å². The Bertz CT molecular complexity index is 802. The number of hydrogen-bond donors (Lipinski definition) is 3. The Hall–Kier alpha value is -2.70. The number of rotatable bonds is 9. The molecule has 1 aliphatic heterocycles. The number of unbranched alkanes of at least 4 members (excludes halogenated alkanes) is 2. The molecule has 6 heteroatoms. The Balaban J connectivity index is 1.71. The fourth-order valence-electron chi connectivity index (χ4n) is 4.55. The summed E-state index contributed by atoms with van der Waals surface area (Å²) in [6.45, 7) is 4.47. The second kappa shape index (κ2) is 11.1. The van der Waals surface area contributed by atoms with Gasteiger partial charge in [-0.15, -0.1) is 0 Å². The first kappa shape index (κ1) is 23.0. The van der Waals surface area contributed by atoms with Crippen LogP contribution in [0.25, 0.3) is 0 Å². The highest BCUT2D eigenvalue weighted by Gasteiger charge is 2.48. The van der Waals surface area contributed by atoms with E-state index in [0.717, 1.165) is 49.9 Å². The van der Waals surface area contributed by atoms with Gasteiger partial charge in [-0.05, 0) is 36.3 Å². The number of carbonyl (C=O) groups excluding carboxylic acids is 2. The third-order valence-corrected chi connectivity index (χ3v) is 6.26. The van der Waals surface area contributed by atoms with Crippen LogP contribution < -0.4 is 16.5 Å². The van der Waals surface area contributed by atoms with Crippen LogP contribution in [0.5, 0.6) is 0 Å². The lowest BCUT2D eigenvalue weighted by Crippen LogP contribution is -2.51. The molecule has 31 heavy (non-hydrogen) atoms. The summed E-state index contributed by atoms with van der Waals surface area (Å²) < 4.78 is 0. The zero-order chi connectivity index (χ0) is 22.1. The zero-order valence-electron chi connectivity index (χ0n) is 18.3. The zero-order valence-corrected chi connectivity index (χ0v) is 18.3. The average Bonchev–Trinajstić information content (AvgIpc) is 2.93. The van der Waals surface area contributed by atoms with Gasteiger partial charge in [0.1, 0.15) is 5.41 Å². The van der Waals surface area contributed by atoms with E-state index >= 15 is 0 Å². The van der Waals surface area contributed by atoms with Gasteiger partial charge in [-0.25, -0.2) is 5.01 Å². The van der Waals surface area contributed by atoms with Gasteiger partial charge in [0.15, 0.2) is 0 Å². The summed E-state index contributed by atoms with van der Waals surface area (Å²) in [5, 5.41) is 4.85. The molecule has 6 nitrogen and oxygen atoms in total. The molecule has 0 aromatic heterocycles. The monoisotopic (exact) mass is 422 g/mol. The highest BCUT2D eigenvalue weighted by atomic mass is 16.2. The van der Waals surface area contributed by atoms with Gasteiger partial charge in [-0.1, -0.05) is 74.0 Å². The van der Waals surface area contributed by atoms with Crippen molar-refractivity contribution in [1.82, 2.24) is 15.8 Å². The lowest BCUT2D eigenvalue weighted by atomic mass is 9.65. The summed E-state index contributed by atoms with van der Waals surface area (Å²) in [5.74, 6) is 0.0609. The summed E-state index contributed by atoms with van der Waals surface area (Å²) in [6.07, 6.45) is 3.75. The van der Waals surface area contributed by atoms with Gasteiger partial charge in [0.25, 0.3) is 0 Å². The number of amides is 2. The lowest BCUT2D eigenvalue weighted by molar-refractivity contribution is -0.130. The summed E-state index contributed by atoms with van der Waals surface area (Å²) in [7, 11) is 0. The third kappa shape index (κ3) is 5.32. The van der Waals surface area contributed by atoms with Gasteiger partial charge in [0.05, 0.1) is 6.54 Å². The molecule has 0 radical (unpaired) electrons. The number of carbonyl (C=O) groups is 2. The summed E-state index contributed by atoms with van der Waals surface area (Å²) in [6, 6.07) is 20.3. The molecule has 166 valence electrons. The molecule has 0 bridgehead atoms. The molecule has 1 atom stereocenters. The predicted octanol–water partition coefficient (Wildman–Crippen LogP) is 2.59. The van der Waals surface area contributed by atoms with Crippen LogP contribution in [0.4, 0.5) is 0 Å². The Kier molecular flexibility index (Phi) is 8.20. The summed E-state index contributed by atoms with van der Waals surface area (Å²) in [5.41, 5.74) is 9.86. The number of nitrogens with one attached hydrogen (secondary N) is 2. The topological polar surface area (TPSA) is 87.5 Å². The number of hydrogen-bond acceptors (Lipinski definition) is 4. The summed E-state index contributed by atoms with van der Waals surface area (Å²) in [4.78, 5) is 25.0. The van der Waals surface area contributed by atoms with E-state index in [0.29, 0.717) is 6.54 Å². The fraction of sp³-hybridized carbons (Fsp3) is 0.440. The van der Waals surface area contributed by atoms with Crippen LogP contribution in [0.2, 0.25) is 0 Å². The number of hydrazine groups is 1. The molecule has 0 spiro atoms. The molecular formula is C25H34N4O2. The minimum atomic E-state index is -0.718. The summed E-state index contributed by atoms with van der Waals surface area (Å²) >= 11 is 0. The van der Waals surface area contributed by atoms with Crippen molar-refractivity contribution in [1.29, 1.82) is 0 Å². The maximum Gasteiger partial charge on any atom is 0.249 e. The minimum Gasteiger partial charge on any atom is -0.355 e. The van der Waals surface area contributed by atoms with Crippen LogP contribution in [-0.2, 0) is 15.0 Å². The largest absolute Gasteiger partial charge is 0.355 e. The molecule has 0 saturated carbocycles. The van der Waals surface area contributed by atoms with Crippen LogP contribution in [0, 0.1) is 5.92 Å². The van der Waals surface area contributed by atoms with E-state index in [9.17, 15) is 9.59 Å².